The number of nitrogens with one attached hydrogen (secondary N) is 1. The van der Waals surface area contributed by atoms with Crippen LogP contribution in [0.1, 0.15) is 27.0 Å². The zero-order valence-corrected chi connectivity index (χ0v) is 13.1. The molecular weight excluding hydrogens is 260 g/mol. The van der Waals surface area contributed by atoms with E-state index in [1.165, 1.54) is 11.1 Å². The van der Waals surface area contributed by atoms with E-state index in [9.17, 15) is 4.79 Å². The van der Waals surface area contributed by atoms with Gasteiger partial charge in [0.05, 0.1) is 0 Å². The van der Waals surface area contributed by atoms with Crippen LogP contribution in [-0.2, 0) is 6.54 Å². The van der Waals surface area contributed by atoms with E-state index in [1.807, 2.05) is 37.3 Å². The summed E-state index contributed by atoms with van der Waals surface area (Å²) in [6.07, 6.45) is 0. The molecule has 3 nitrogen and oxygen atoms in total. The molecule has 3 heteroatoms. The molecule has 1 amide bonds. The topological polar surface area (TPSA) is 32.3 Å². The highest BCUT2D eigenvalue weighted by Crippen LogP contribution is 2.19. The maximum atomic E-state index is 12.0. The van der Waals surface area contributed by atoms with Crippen LogP contribution in [0.25, 0.3) is 0 Å². The Kier molecular flexibility index (Phi) is 4.63. The van der Waals surface area contributed by atoms with Crippen LogP contribution in [-0.4, -0.2) is 24.9 Å². The summed E-state index contributed by atoms with van der Waals surface area (Å²) < 4.78 is 0. The Balaban J connectivity index is 2.18. The van der Waals surface area contributed by atoms with Gasteiger partial charge in [-0.25, -0.2) is 0 Å². The van der Waals surface area contributed by atoms with Crippen LogP contribution in [0.4, 0.5) is 5.69 Å². The van der Waals surface area contributed by atoms with Gasteiger partial charge >= 0.3 is 0 Å². The summed E-state index contributed by atoms with van der Waals surface area (Å²) in [5, 5.41) is 3.43. The molecule has 0 aliphatic heterocycles. The van der Waals surface area contributed by atoms with Gasteiger partial charge in [0.2, 0.25) is 0 Å². The fourth-order valence-corrected chi connectivity index (χ4v) is 2.20. The van der Waals surface area contributed by atoms with Crippen molar-refractivity contribution in [3.05, 3.63) is 64.7 Å². The SMILES string of the molecule is Cc1ccccc1CNc1cc(C(=O)N(C)C)ccc1C. The van der Waals surface area contributed by atoms with E-state index < -0.39 is 0 Å². The molecule has 110 valence electrons. The Bertz CT molecular complexity index is 647. The Morgan fingerprint density at radius 3 is 2.43 bits per heavy atom. The molecule has 0 heterocycles. The first-order valence-corrected chi connectivity index (χ1v) is 7.09. The van der Waals surface area contributed by atoms with Crippen molar-refractivity contribution in [2.45, 2.75) is 20.4 Å². The number of carbonyl (C=O) groups is 1. The van der Waals surface area contributed by atoms with Crippen molar-refractivity contribution in [3.63, 3.8) is 0 Å². The summed E-state index contributed by atoms with van der Waals surface area (Å²) in [6, 6.07) is 14.1. The lowest BCUT2D eigenvalue weighted by Crippen LogP contribution is -2.21. The lowest BCUT2D eigenvalue weighted by molar-refractivity contribution is 0.0827. The number of hydrogen-bond donors (Lipinski definition) is 1. The first kappa shape index (κ1) is 15.1. The molecule has 0 aliphatic carbocycles. The highest BCUT2D eigenvalue weighted by atomic mass is 16.2. The molecule has 0 saturated carbocycles. The maximum Gasteiger partial charge on any atom is 0.253 e. The van der Waals surface area contributed by atoms with Crippen LogP contribution in [0.15, 0.2) is 42.5 Å². The fourth-order valence-electron chi connectivity index (χ4n) is 2.20. The molecule has 0 saturated heterocycles. The Morgan fingerprint density at radius 1 is 1.05 bits per heavy atom. The molecule has 0 atom stereocenters. The fraction of sp³-hybridized carbons (Fsp3) is 0.278. The highest BCUT2D eigenvalue weighted by molar-refractivity contribution is 5.95. The molecule has 21 heavy (non-hydrogen) atoms. The minimum Gasteiger partial charge on any atom is -0.381 e. The van der Waals surface area contributed by atoms with Gasteiger partial charge in [-0.3, -0.25) is 4.79 Å². The Hall–Kier alpha value is -2.29. The molecule has 2 aromatic carbocycles. The van der Waals surface area contributed by atoms with Crippen molar-refractivity contribution in [2.24, 2.45) is 0 Å². The summed E-state index contributed by atoms with van der Waals surface area (Å²) >= 11 is 0. The molecule has 1 N–H and O–H groups in total. The standard InChI is InChI=1S/C18H22N2O/c1-13-7-5-6-8-16(13)12-19-17-11-15(10-9-14(17)2)18(21)20(3)4/h5-11,19H,12H2,1-4H3. The van der Waals surface area contributed by atoms with Crippen LogP contribution in [0.5, 0.6) is 0 Å². The number of hydrogen-bond acceptors (Lipinski definition) is 2. The van der Waals surface area contributed by atoms with E-state index in [0.29, 0.717) is 5.56 Å². The van der Waals surface area contributed by atoms with Crippen LogP contribution in [0.3, 0.4) is 0 Å². The van der Waals surface area contributed by atoms with Gasteiger partial charge in [0.25, 0.3) is 5.91 Å². The van der Waals surface area contributed by atoms with E-state index in [0.717, 1.165) is 17.8 Å². The van der Waals surface area contributed by atoms with Crippen molar-refractivity contribution in [2.75, 3.05) is 19.4 Å². The molecule has 2 rings (SSSR count). The first-order chi connectivity index (χ1) is 9.99. The number of benzene rings is 2. The summed E-state index contributed by atoms with van der Waals surface area (Å²) in [4.78, 5) is 13.6. The van der Waals surface area contributed by atoms with E-state index in [4.69, 9.17) is 0 Å². The number of carbonyl (C=O) groups excluding carboxylic acids is 1. The van der Waals surface area contributed by atoms with Crippen molar-refractivity contribution in [3.8, 4) is 0 Å². The summed E-state index contributed by atoms with van der Waals surface area (Å²) in [5.74, 6) is 0.0222. The summed E-state index contributed by atoms with van der Waals surface area (Å²) in [7, 11) is 3.53. The predicted molar refractivity (Wildman–Crippen MR) is 87.7 cm³/mol. The average molecular weight is 282 g/mol. The van der Waals surface area contributed by atoms with Crippen molar-refractivity contribution < 1.29 is 4.79 Å². The molecule has 0 aliphatic rings. The lowest BCUT2D eigenvalue weighted by Gasteiger charge is -2.15. The van der Waals surface area contributed by atoms with E-state index in [2.05, 4.69) is 24.4 Å². The minimum atomic E-state index is 0.0222. The van der Waals surface area contributed by atoms with Gasteiger partial charge in [0.15, 0.2) is 0 Å². The predicted octanol–water partition coefficient (Wildman–Crippen LogP) is 3.62. The van der Waals surface area contributed by atoms with E-state index in [-0.39, 0.29) is 5.91 Å². The first-order valence-electron chi connectivity index (χ1n) is 7.09. The molecule has 2 aromatic rings. The number of nitrogens with zero attached hydrogens (tertiary/aromatic N) is 1. The van der Waals surface area contributed by atoms with Gasteiger partial charge in [0.1, 0.15) is 0 Å². The third-order valence-corrected chi connectivity index (χ3v) is 3.62. The molecule has 0 aromatic heterocycles. The number of rotatable bonds is 4. The van der Waals surface area contributed by atoms with Crippen LogP contribution in [0.2, 0.25) is 0 Å². The largest absolute Gasteiger partial charge is 0.381 e. The number of amides is 1. The quantitative estimate of drug-likeness (QED) is 0.929. The molecule has 0 bridgehead atoms. The second kappa shape index (κ2) is 6.44. The lowest BCUT2D eigenvalue weighted by atomic mass is 10.1. The van der Waals surface area contributed by atoms with Crippen molar-refractivity contribution >= 4 is 11.6 Å². The summed E-state index contributed by atoms with van der Waals surface area (Å²) in [6.45, 7) is 4.91. The molecule has 0 fully saturated rings. The number of aryl methyl sites for hydroxylation is 2. The normalized spacial score (nSPS) is 10.3. The molecule has 0 unspecified atom stereocenters. The van der Waals surface area contributed by atoms with Crippen molar-refractivity contribution in [1.82, 2.24) is 4.90 Å². The Labute approximate surface area is 126 Å². The van der Waals surface area contributed by atoms with Gasteiger partial charge in [-0.15, -0.1) is 0 Å². The van der Waals surface area contributed by atoms with Gasteiger partial charge < -0.3 is 10.2 Å². The number of anilines is 1. The van der Waals surface area contributed by atoms with Crippen LogP contribution < -0.4 is 5.32 Å². The van der Waals surface area contributed by atoms with E-state index in [1.54, 1.807) is 19.0 Å². The minimum absolute atomic E-state index is 0.0222. The monoisotopic (exact) mass is 282 g/mol. The highest BCUT2D eigenvalue weighted by Gasteiger charge is 2.10. The third kappa shape index (κ3) is 3.63. The van der Waals surface area contributed by atoms with Crippen molar-refractivity contribution in [1.29, 1.82) is 0 Å². The van der Waals surface area contributed by atoms with Crippen LogP contribution in [0, 0.1) is 13.8 Å². The average Bonchev–Trinajstić information content (AvgIpc) is 2.47. The molecular formula is C18H22N2O. The Morgan fingerprint density at radius 2 is 1.76 bits per heavy atom. The van der Waals surface area contributed by atoms with Gasteiger partial charge in [-0.1, -0.05) is 30.3 Å². The molecule has 0 radical (unpaired) electrons. The second-order valence-electron chi connectivity index (χ2n) is 5.51. The smallest absolute Gasteiger partial charge is 0.253 e. The second-order valence-corrected chi connectivity index (χ2v) is 5.51. The maximum absolute atomic E-state index is 12.0. The van der Waals surface area contributed by atoms with Gasteiger partial charge in [-0.2, -0.15) is 0 Å². The zero-order chi connectivity index (χ0) is 15.4. The zero-order valence-electron chi connectivity index (χ0n) is 13.1. The molecule has 0 spiro atoms. The van der Waals surface area contributed by atoms with Gasteiger partial charge in [0, 0.05) is 31.9 Å². The van der Waals surface area contributed by atoms with E-state index >= 15 is 0 Å². The summed E-state index contributed by atoms with van der Waals surface area (Å²) in [5.41, 5.74) is 5.38. The van der Waals surface area contributed by atoms with Gasteiger partial charge in [-0.05, 0) is 42.7 Å². The van der Waals surface area contributed by atoms with Crippen LogP contribution >= 0.6 is 0 Å². The third-order valence-electron chi connectivity index (χ3n) is 3.62.